The maximum atomic E-state index is 12.0. The van der Waals surface area contributed by atoms with E-state index in [0.717, 1.165) is 0 Å². The molecule has 16 heavy (non-hydrogen) atoms. The Morgan fingerprint density at radius 3 is 2.25 bits per heavy atom. The van der Waals surface area contributed by atoms with Crippen molar-refractivity contribution in [2.24, 2.45) is 5.41 Å². The van der Waals surface area contributed by atoms with Crippen LogP contribution in [0.1, 0.15) is 27.2 Å². The molecule has 0 heterocycles. The molecule has 0 aliphatic rings. The number of ether oxygens (including phenoxy) is 1. The molecule has 6 heteroatoms. The maximum Gasteiger partial charge on any atom is 0.390 e. The van der Waals surface area contributed by atoms with E-state index < -0.39 is 30.0 Å². The van der Waals surface area contributed by atoms with Crippen LogP contribution in [0.5, 0.6) is 0 Å². The molecule has 1 atom stereocenters. The zero-order chi connectivity index (χ0) is 13.0. The number of alkyl halides is 3. The standard InChI is InChI=1S/C10H18F3NO2/c1-7(5-10(11,12)13)14-6-9(2,3)8(15)16-4/h7,14H,5-6H2,1-4H3. The molecule has 0 rings (SSSR count). The van der Waals surface area contributed by atoms with Crippen LogP contribution in [0, 0.1) is 5.41 Å². The molecule has 3 nitrogen and oxygen atoms in total. The molecule has 0 aliphatic carbocycles. The first kappa shape index (κ1) is 15.2. The van der Waals surface area contributed by atoms with Gasteiger partial charge in [0, 0.05) is 12.6 Å². The molecule has 96 valence electrons. The van der Waals surface area contributed by atoms with E-state index in [0.29, 0.717) is 0 Å². The molecule has 1 unspecified atom stereocenters. The van der Waals surface area contributed by atoms with Gasteiger partial charge < -0.3 is 10.1 Å². The lowest BCUT2D eigenvalue weighted by molar-refractivity contribution is -0.150. The fraction of sp³-hybridized carbons (Fsp3) is 0.900. The van der Waals surface area contributed by atoms with Crippen LogP contribution in [0.25, 0.3) is 0 Å². The summed E-state index contributed by atoms with van der Waals surface area (Å²) >= 11 is 0. The van der Waals surface area contributed by atoms with E-state index in [-0.39, 0.29) is 6.54 Å². The van der Waals surface area contributed by atoms with Crippen LogP contribution in [0.3, 0.4) is 0 Å². The second-order valence-electron chi connectivity index (χ2n) is 4.48. The van der Waals surface area contributed by atoms with Crippen LogP contribution < -0.4 is 5.32 Å². The second-order valence-corrected chi connectivity index (χ2v) is 4.48. The lowest BCUT2D eigenvalue weighted by atomic mass is 9.93. The molecule has 0 bridgehead atoms. The number of esters is 1. The number of methoxy groups -OCH3 is 1. The van der Waals surface area contributed by atoms with Crippen molar-refractivity contribution in [3.05, 3.63) is 0 Å². The van der Waals surface area contributed by atoms with E-state index in [9.17, 15) is 18.0 Å². The van der Waals surface area contributed by atoms with Crippen molar-refractivity contribution in [2.45, 2.75) is 39.4 Å². The van der Waals surface area contributed by atoms with E-state index in [1.807, 2.05) is 0 Å². The van der Waals surface area contributed by atoms with Gasteiger partial charge in [0.15, 0.2) is 0 Å². The molecule has 0 saturated heterocycles. The SMILES string of the molecule is COC(=O)C(C)(C)CNC(C)CC(F)(F)F. The Kier molecular flexibility index (Phi) is 5.25. The van der Waals surface area contributed by atoms with Gasteiger partial charge in [-0.2, -0.15) is 13.2 Å². The number of halogens is 3. The minimum Gasteiger partial charge on any atom is -0.469 e. The van der Waals surface area contributed by atoms with Gasteiger partial charge in [-0.1, -0.05) is 0 Å². The summed E-state index contributed by atoms with van der Waals surface area (Å²) in [6, 6.07) is -0.719. The van der Waals surface area contributed by atoms with Gasteiger partial charge in [-0.05, 0) is 20.8 Å². The molecule has 0 fully saturated rings. The highest BCUT2D eigenvalue weighted by molar-refractivity contribution is 5.76. The highest BCUT2D eigenvalue weighted by atomic mass is 19.4. The van der Waals surface area contributed by atoms with Crippen LogP contribution in [-0.2, 0) is 9.53 Å². The smallest absolute Gasteiger partial charge is 0.390 e. The Labute approximate surface area is 93.3 Å². The van der Waals surface area contributed by atoms with E-state index >= 15 is 0 Å². The van der Waals surface area contributed by atoms with Crippen molar-refractivity contribution < 1.29 is 22.7 Å². The van der Waals surface area contributed by atoms with Crippen molar-refractivity contribution in [3.8, 4) is 0 Å². The zero-order valence-corrected chi connectivity index (χ0v) is 9.94. The predicted octanol–water partition coefficient (Wildman–Crippen LogP) is 2.12. The van der Waals surface area contributed by atoms with Crippen LogP contribution in [0.4, 0.5) is 13.2 Å². The number of hydrogen-bond acceptors (Lipinski definition) is 3. The molecule has 0 amide bonds. The van der Waals surface area contributed by atoms with E-state index in [1.54, 1.807) is 13.8 Å². The first-order valence-corrected chi connectivity index (χ1v) is 4.97. The van der Waals surface area contributed by atoms with Crippen molar-refractivity contribution >= 4 is 5.97 Å². The number of carbonyl (C=O) groups is 1. The van der Waals surface area contributed by atoms with E-state index in [2.05, 4.69) is 10.1 Å². The van der Waals surface area contributed by atoms with Gasteiger partial charge >= 0.3 is 12.1 Å². The highest BCUT2D eigenvalue weighted by Gasteiger charge is 2.32. The Morgan fingerprint density at radius 1 is 1.38 bits per heavy atom. The maximum absolute atomic E-state index is 12.0. The van der Waals surface area contributed by atoms with Crippen molar-refractivity contribution in [2.75, 3.05) is 13.7 Å². The van der Waals surface area contributed by atoms with Gasteiger partial charge in [0.2, 0.25) is 0 Å². The van der Waals surface area contributed by atoms with Gasteiger partial charge in [-0.15, -0.1) is 0 Å². The molecule has 0 saturated carbocycles. The number of nitrogens with one attached hydrogen (secondary N) is 1. The van der Waals surface area contributed by atoms with E-state index in [4.69, 9.17) is 0 Å². The zero-order valence-electron chi connectivity index (χ0n) is 9.94. The van der Waals surface area contributed by atoms with Crippen LogP contribution in [-0.4, -0.2) is 31.8 Å². The van der Waals surface area contributed by atoms with Crippen LogP contribution >= 0.6 is 0 Å². The quantitative estimate of drug-likeness (QED) is 0.749. The van der Waals surface area contributed by atoms with Crippen LogP contribution in [0.2, 0.25) is 0 Å². The summed E-state index contributed by atoms with van der Waals surface area (Å²) in [5.74, 6) is -0.445. The summed E-state index contributed by atoms with van der Waals surface area (Å²) in [7, 11) is 1.25. The average Bonchev–Trinajstić information content (AvgIpc) is 2.11. The Hall–Kier alpha value is -0.780. The minimum atomic E-state index is -4.19. The summed E-state index contributed by atoms with van der Waals surface area (Å²) < 4.78 is 40.6. The van der Waals surface area contributed by atoms with Crippen molar-refractivity contribution in [1.82, 2.24) is 5.32 Å². The molecule has 0 spiro atoms. The molecular weight excluding hydrogens is 223 g/mol. The summed E-state index contributed by atoms with van der Waals surface area (Å²) in [5.41, 5.74) is -0.825. The summed E-state index contributed by atoms with van der Waals surface area (Å²) in [6.45, 7) is 4.82. The van der Waals surface area contributed by atoms with E-state index in [1.165, 1.54) is 14.0 Å². The fourth-order valence-corrected chi connectivity index (χ4v) is 1.20. The van der Waals surface area contributed by atoms with Gasteiger partial charge in [0.1, 0.15) is 0 Å². The largest absolute Gasteiger partial charge is 0.469 e. The fourth-order valence-electron chi connectivity index (χ4n) is 1.20. The Morgan fingerprint density at radius 2 is 1.88 bits per heavy atom. The Bertz CT molecular complexity index is 239. The number of rotatable bonds is 5. The lowest BCUT2D eigenvalue weighted by Crippen LogP contribution is -2.41. The van der Waals surface area contributed by atoms with Gasteiger partial charge in [0.05, 0.1) is 18.9 Å². The molecule has 0 aromatic rings. The third-order valence-corrected chi connectivity index (χ3v) is 2.17. The number of hydrogen-bond donors (Lipinski definition) is 1. The molecule has 0 aromatic heterocycles. The van der Waals surface area contributed by atoms with Gasteiger partial charge in [0.25, 0.3) is 0 Å². The third-order valence-electron chi connectivity index (χ3n) is 2.17. The third kappa shape index (κ3) is 5.95. The van der Waals surface area contributed by atoms with Crippen LogP contribution in [0.15, 0.2) is 0 Å². The second kappa shape index (κ2) is 5.52. The monoisotopic (exact) mass is 241 g/mol. The van der Waals surface area contributed by atoms with Gasteiger partial charge in [-0.25, -0.2) is 0 Å². The Balaban J connectivity index is 4.10. The molecule has 1 N–H and O–H groups in total. The first-order valence-electron chi connectivity index (χ1n) is 4.97. The number of carbonyl (C=O) groups excluding carboxylic acids is 1. The lowest BCUT2D eigenvalue weighted by Gasteiger charge is -2.24. The first-order chi connectivity index (χ1) is 7.08. The molecular formula is C10H18F3NO2. The van der Waals surface area contributed by atoms with Gasteiger partial charge in [-0.3, -0.25) is 4.79 Å². The van der Waals surface area contributed by atoms with Crippen molar-refractivity contribution in [1.29, 1.82) is 0 Å². The normalized spacial score (nSPS) is 14.7. The van der Waals surface area contributed by atoms with Crippen molar-refractivity contribution in [3.63, 3.8) is 0 Å². The minimum absolute atomic E-state index is 0.150. The average molecular weight is 241 g/mol. The summed E-state index contributed by atoms with van der Waals surface area (Å²) in [5, 5.41) is 2.67. The predicted molar refractivity (Wildman–Crippen MR) is 53.9 cm³/mol. The highest BCUT2D eigenvalue weighted by Crippen LogP contribution is 2.22. The topological polar surface area (TPSA) is 38.3 Å². The molecule has 0 aliphatic heterocycles. The molecule has 0 radical (unpaired) electrons. The molecule has 0 aromatic carbocycles. The summed E-state index contributed by atoms with van der Waals surface area (Å²) in [6.07, 6.45) is -5.11. The summed E-state index contributed by atoms with van der Waals surface area (Å²) in [4.78, 5) is 11.2.